The Balaban J connectivity index is 1.66. The quantitative estimate of drug-likeness (QED) is 0.679. The summed E-state index contributed by atoms with van der Waals surface area (Å²) < 4.78 is 10.4. The lowest BCUT2D eigenvalue weighted by Gasteiger charge is -2.10. The number of hydrogen-bond acceptors (Lipinski definition) is 5. The summed E-state index contributed by atoms with van der Waals surface area (Å²) in [5.41, 5.74) is 3.63. The van der Waals surface area contributed by atoms with Gasteiger partial charge in [0, 0.05) is 22.7 Å². The van der Waals surface area contributed by atoms with E-state index >= 15 is 0 Å². The number of aryl methyl sites for hydroxylation is 1. The molecule has 2 N–H and O–H groups in total. The summed E-state index contributed by atoms with van der Waals surface area (Å²) in [5, 5.41) is 7.94. The highest BCUT2D eigenvalue weighted by molar-refractivity contribution is 7.14. The van der Waals surface area contributed by atoms with Gasteiger partial charge in [0.05, 0.1) is 19.9 Å². The summed E-state index contributed by atoms with van der Waals surface area (Å²) in [4.78, 5) is 16.7. The smallest absolute Gasteiger partial charge is 0.325 e. The minimum absolute atomic E-state index is 0.373. The Kier molecular flexibility index (Phi) is 5.38. The van der Waals surface area contributed by atoms with Crippen molar-refractivity contribution in [3.8, 4) is 22.8 Å². The number of amides is 2. The van der Waals surface area contributed by atoms with E-state index in [0.29, 0.717) is 22.3 Å². The molecule has 0 saturated carbocycles. The van der Waals surface area contributed by atoms with E-state index in [1.165, 1.54) is 16.9 Å². The number of hydrogen-bond donors (Lipinski definition) is 2. The topological polar surface area (TPSA) is 72.5 Å². The minimum Gasteiger partial charge on any atom is -0.493 e. The van der Waals surface area contributed by atoms with Crippen molar-refractivity contribution >= 4 is 28.2 Å². The van der Waals surface area contributed by atoms with Crippen LogP contribution in [0.15, 0.2) is 47.8 Å². The molecule has 0 spiro atoms. The van der Waals surface area contributed by atoms with Crippen LogP contribution in [0, 0.1) is 6.92 Å². The summed E-state index contributed by atoms with van der Waals surface area (Å²) in [6.45, 7) is 2.04. The zero-order chi connectivity index (χ0) is 18.5. The minimum atomic E-state index is -0.373. The van der Waals surface area contributed by atoms with Crippen LogP contribution in [-0.2, 0) is 0 Å². The highest BCUT2D eigenvalue weighted by Gasteiger charge is 2.10. The Hall–Kier alpha value is -3.06. The average molecular weight is 369 g/mol. The van der Waals surface area contributed by atoms with Gasteiger partial charge in [0.15, 0.2) is 16.6 Å². The maximum atomic E-state index is 12.2. The molecule has 0 fully saturated rings. The Morgan fingerprint density at radius 2 is 1.73 bits per heavy atom. The molecule has 3 rings (SSSR count). The maximum Gasteiger partial charge on any atom is 0.325 e. The van der Waals surface area contributed by atoms with E-state index in [9.17, 15) is 4.79 Å². The predicted octanol–water partition coefficient (Wildman–Crippen LogP) is 4.78. The molecular weight excluding hydrogens is 350 g/mol. The monoisotopic (exact) mass is 369 g/mol. The average Bonchev–Trinajstić information content (AvgIpc) is 3.10. The summed E-state index contributed by atoms with van der Waals surface area (Å²) >= 11 is 1.37. The molecule has 0 aliphatic carbocycles. The summed E-state index contributed by atoms with van der Waals surface area (Å²) in [6.07, 6.45) is 0. The second-order valence-corrected chi connectivity index (χ2v) is 6.41. The van der Waals surface area contributed by atoms with E-state index < -0.39 is 0 Å². The molecule has 0 aliphatic rings. The molecule has 134 valence electrons. The molecule has 1 aromatic heterocycles. The second-order valence-electron chi connectivity index (χ2n) is 5.55. The molecule has 0 aliphatic heterocycles. The number of thiazole rings is 1. The van der Waals surface area contributed by atoms with Crippen LogP contribution >= 0.6 is 11.3 Å². The molecule has 3 aromatic rings. The first-order valence-corrected chi connectivity index (χ1v) is 8.79. The van der Waals surface area contributed by atoms with Crippen LogP contribution in [0.2, 0.25) is 0 Å². The number of carbonyl (C=O) groups is 1. The summed E-state index contributed by atoms with van der Waals surface area (Å²) in [6, 6.07) is 12.9. The lowest BCUT2D eigenvalue weighted by Crippen LogP contribution is -2.19. The fourth-order valence-corrected chi connectivity index (χ4v) is 3.08. The second kappa shape index (κ2) is 7.88. The van der Waals surface area contributed by atoms with E-state index in [1.807, 2.05) is 36.6 Å². The zero-order valence-corrected chi connectivity index (χ0v) is 15.5. The highest BCUT2D eigenvalue weighted by atomic mass is 32.1. The zero-order valence-electron chi connectivity index (χ0n) is 14.7. The fraction of sp³-hybridized carbons (Fsp3) is 0.158. The van der Waals surface area contributed by atoms with Gasteiger partial charge in [-0.25, -0.2) is 9.78 Å². The molecule has 0 bridgehead atoms. The Labute approximate surface area is 155 Å². The molecule has 0 saturated heterocycles. The molecule has 1 heterocycles. The van der Waals surface area contributed by atoms with Crippen LogP contribution in [-0.4, -0.2) is 25.2 Å². The van der Waals surface area contributed by atoms with Crippen molar-refractivity contribution in [2.24, 2.45) is 0 Å². The molecule has 26 heavy (non-hydrogen) atoms. The largest absolute Gasteiger partial charge is 0.493 e. The van der Waals surface area contributed by atoms with Crippen LogP contribution in [0.1, 0.15) is 5.56 Å². The first-order chi connectivity index (χ1) is 12.6. The highest BCUT2D eigenvalue weighted by Crippen LogP contribution is 2.30. The Morgan fingerprint density at radius 3 is 2.42 bits per heavy atom. The SMILES string of the molecule is COc1ccc(NC(=O)Nc2nc(-c3ccc(C)cc3)cs2)cc1OC. The predicted molar refractivity (Wildman–Crippen MR) is 104 cm³/mol. The van der Waals surface area contributed by atoms with Crippen molar-refractivity contribution in [1.29, 1.82) is 0 Å². The third-order valence-corrected chi connectivity index (χ3v) is 4.47. The van der Waals surface area contributed by atoms with Gasteiger partial charge in [0.25, 0.3) is 0 Å². The third kappa shape index (κ3) is 4.12. The first kappa shape index (κ1) is 17.8. The number of aromatic nitrogens is 1. The fourth-order valence-electron chi connectivity index (χ4n) is 2.36. The molecule has 0 atom stereocenters. The number of carbonyl (C=O) groups excluding carboxylic acids is 1. The summed E-state index contributed by atoms with van der Waals surface area (Å²) in [5.74, 6) is 1.14. The number of rotatable bonds is 5. The van der Waals surface area contributed by atoms with Crippen LogP contribution in [0.5, 0.6) is 11.5 Å². The van der Waals surface area contributed by atoms with Crippen molar-refractivity contribution in [1.82, 2.24) is 4.98 Å². The number of nitrogens with zero attached hydrogens (tertiary/aromatic N) is 1. The maximum absolute atomic E-state index is 12.2. The van der Waals surface area contributed by atoms with Crippen molar-refractivity contribution in [3.05, 3.63) is 53.4 Å². The van der Waals surface area contributed by atoms with Crippen LogP contribution in [0.4, 0.5) is 15.6 Å². The van der Waals surface area contributed by atoms with Crippen molar-refractivity contribution in [2.75, 3.05) is 24.9 Å². The lowest BCUT2D eigenvalue weighted by molar-refractivity contribution is 0.262. The standard InChI is InChI=1S/C19H19N3O3S/c1-12-4-6-13(7-5-12)15-11-26-19(21-15)22-18(23)20-14-8-9-16(24-2)17(10-14)25-3/h4-11H,1-3H3,(H2,20,21,22,23). The molecule has 2 amide bonds. The molecule has 0 radical (unpaired) electrons. The van der Waals surface area contributed by atoms with Gasteiger partial charge in [0.2, 0.25) is 0 Å². The van der Waals surface area contributed by atoms with Crippen LogP contribution < -0.4 is 20.1 Å². The van der Waals surface area contributed by atoms with Gasteiger partial charge in [-0.3, -0.25) is 5.32 Å². The summed E-state index contributed by atoms with van der Waals surface area (Å²) in [7, 11) is 3.11. The van der Waals surface area contributed by atoms with E-state index in [2.05, 4.69) is 15.6 Å². The van der Waals surface area contributed by atoms with Crippen LogP contribution in [0.25, 0.3) is 11.3 Å². The van der Waals surface area contributed by atoms with Gasteiger partial charge in [-0.05, 0) is 19.1 Å². The Morgan fingerprint density at radius 1 is 1.00 bits per heavy atom. The number of anilines is 2. The Bertz CT molecular complexity index is 907. The van der Waals surface area contributed by atoms with Gasteiger partial charge >= 0.3 is 6.03 Å². The molecule has 0 unspecified atom stereocenters. The number of methoxy groups -OCH3 is 2. The van der Waals surface area contributed by atoms with Gasteiger partial charge in [-0.2, -0.15) is 0 Å². The van der Waals surface area contributed by atoms with Gasteiger partial charge < -0.3 is 14.8 Å². The van der Waals surface area contributed by atoms with E-state index in [1.54, 1.807) is 32.4 Å². The van der Waals surface area contributed by atoms with E-state index in [4.69, 9.17) is 9.47 Å². The lowest BCUT2D eigenvalue weighted by atomic mass is 10.1. The first-order valence-electron chi connectivity index (χ1n) is 7.91. The van der Waals surface area contributed by atoms with Crippen molar-refractivity contribution < 1.29 is 14.3 Å². The van der Waals surface area contributed by atoms with Crippen molar-refractivity contribution in [3.63, 3.8) is 0 Å². The third-order valence-electron chi connectivity index (χ3n) is 3.71. The van der Waals surface area contributed by atoms with Crippen molar-refractivity contribution in [2.45, 2.75) is 6.92 Å². The van der Waals surface area contributed by atoms with Crippen LogP contribution in [0.3, 0.4) is 0 Å². The van der Waals surface area contributed by atoms with E-state index in [0.717, 1.165) is 11.3 Å². The van der Waals surface area contributed by atoms with Gasteiger partial charge in [-0.15, -0.1) is 11.3 Å². The number of urea groups is 1. The number of nitrogens with one attached hydrogen (secondary N) is 2. The number of ether oxygens (including phenoxy) is 2. The molecule has 6 nitrogen and oxygen atoms in total. The molecule has 2 aromatic carbocycles. The number of benzene rings is 2. The molecule has 7 heteroatoms. The van der Waals surface area contributed by atoms with Gasteiger partial charge in [-0.1, -0.05) is 29.8 Å². The molecular formula is C19H19N3O3S. The normalized spacial score (nSPS) is 10.3. The van der Waals surface area contributed by atoms with Gasteiger partial charge in [0.1, 0.15) is 0 Å². The van der Waals surface area contributed by atoms with E-state index in [-0.39, 0.29) is 6.03 Å².